The van der Waals surface area contributed by atoms with Crippen molar-refractivity contribution in [3.8, 4) is 0 Å². The van der Waals surface area contributed by atoms with Crippen molar-refractivity contribution >= 4 is 29.0 Å². The standard InChI is InChI=1S/C19H16F3N5O3S/c1-12-24-25-18(26(12)10-13-5-3-2-4-6-13)31-11-17(28)23-16-8-7-14(27(29)30)9-15(16)19(20,21)22/h2-9H,10-11H2,1H3,(H,23,28). The Hall–Kier alpha value is -3.41. The van der Waals surface area contributed by atoms with E-state index in [9.17, 15) is 28.1 Å². The molecule has 0 aliphatic heterocycles. The van der Waals surface area contributed by atoms with Crippen molar-refractivity contribution in [2.45, 2.75) is 24.8 Å². The summed E-state index contributed by atoms with van der Waals surface area (Å²) in [6, 6.07) is 11.7. The summed E-state index contributed by atoms with van der Waals surface area (Å²) >= 11 is 1.02. The number of nitro groups is 1. The fourth-order valence-corrected chi connectivity index (χ4v) is 3.51. The highest BCUT2D eigenvalue weighted by molar-refractivity contribution is 7.99. The largest absolute Gasteiger partial charge is 0.418 e. The van der Waals surface area contributed by atoms with Crippen LogP contribution in [0.1, 0.15) is 17.0 Å². The molecular weight excluding hydrogens is 435 g/mol. The highest BCUT2D eigenvalue weighted by atomic mass is 32.2. The van der Waals surface area contributed by atoms with Crippen LogP contribution >= 0.6 is 11.8 Å². The van der Waals surface area contributed by atoms with Gasteiger partial charge in [0.25, 0.3) is 5.69 Å². The van der Waals surface area contributed by atoms with Gasteiger partial charge in [-0.25, -0.2) is 0 Å². The molecule has 12 heteroatoms. The number of alkyl halides is 3. The SMILES string of the molecule is Cc1nnc(SCC(=O)Nc2ccc([N+](=O)[O-])cc2C(F)(F)F)n1Cc1ccccc1. The highest BCUT2D eigenvalue weighted by Crippen LogP contribution is 2.37. The van der Waals surface area contributed by atoms with E-state index in [0.29, 0.717) is 23.6 Å². The maximum absolute atomic E-state index is 13.3. The van der Waals surface area contributed by atoms with E-state index in [-0.39, 0.29) is 5.75 Å². The van der Waals surface area contributed by atoms with E-state index in [0.717, 1.165) is 29.5 Å². The third-order valence-electron chi connectivity index (χ3n) is 4.21. The number of non-ortho nitro benzene ring substituents is 1. The molecule has 2 aromatic carbocycles. The van der Waals surface area contributed by atoms with E-state index >= 15 is 0 Å². The lowest BCUT2D eigenvalue weighted by Gasteiger charge is -2.13. The Balaban J connectivity index is 1.71. The third-order valence-corrected chi connectivity index (χ3v) is 5.18. The van der Waals surface area contributed by atoms with Crippen molar-refractivity contribution in [3.05, 3.63) is 75.6 Å². The minimum absolute atomic E-state index is 0.221. The minimum atomic E-state index is -4.87. The Labute approximate surface area is 178 Å². The lowest BCUT2D eigenvalue weighted by atomic mass is 10.1. The third kappa shape index (κ3) is 5.60. The number of hydrogen-bond acceptors (Lipinski definition) is 6. The number of nitrogens with zero attached hydrogens (tertiary/aromatic N) is 4. The van der Waals surface area contributed by atoms with E-state index in [1.807, 2.05) is 30.3 Å². The minimum Gasteiger partial charge on any atom is -0.325 e. The summed E-state index contributed by atoms with van der Waals surface area (Å²) in [6.45, 7) is 2.23. The number of halogens is 3. The first-order valence-corrected chi connectivity index (χ1v) is 9.85. The molecule has 0 unspecified atom stereocenters. The summed E-state index contributed by atoms with van der Waals surface area (Å²) in [6.07, 6.45) is -4.87. The molecule has 0 bridgehead atoms. The van der Waals surface area contributed by atoms with Gasteiger partial charge < -0.3 is 9.88 Å². The van der Waals surface area contributed by atoms with Gasteiger partial charge in [-0.2, -0.15) is 13.2 Å². The molecule has 0 atom stereocenters. The van der Waals surface area contributed by atoms with Gasteiger partial charge in [-0.3, -0.25) is 14.9 Å². The average molecular weight is 451 g/mol. The van der Waals surface area contributed by atoms with E-state index in [1.54, 1.807) is 11.5 Å². The van der Waals surface area contributed by atoms with E-state index in [4.69, 9.17) is 0 Å². The van der Waals surface area contributed by atoms with Crippen LogP contribution in [0.3, 0.4) is 0 Å². The van der Waals surface area contributed by atoms with Gasteiger partial charge in [0.15, 0.2) is 5.16 Å². The summed E-state index contributed by atoms with van der Waals surface area (Å²) in [7, 11) is 0. The molecule has 1 aromatic heterocycles. The van der Waals surface area contributed by atoms with Crippen molar-refractivity contribution in [3.63, 3.8) is 0 Å². The quantitative estimate of drug-likeness (QED) is 0.327. The monoisotopic (exact) mass is 451 g/mol. The van der Waals surface area contributed by atoms with Crippen LogP contribution in [-0.4, -0.2) is 31.3 Å². The number of thioether (sulfide) groups is 1. The predicted octanol–water partition coefficient (Wildman–Crippen LogP) is 4.29. The van der Waals surface area contributed by atoms with Crippen LogP contribution < -0.4 is 5.32 Å². The molecule has 1 N–H and O–H groups in total. The second-order valence-corrected chi connectivity index (χ2v) is 7.37. The lowest BCUT2D eigenvalue weighted by Crippen LogP contribution is -2.18. The second-order valence-electron chi connectivity index (χ2n) is 6.42. The predicted molar refractivity (Wildman–Crippen MR) is 108 cm³/mol. The van der Waals surface area contributed by atoms with Crippen molar-refractivity contribution in [1.29, 1.82) is 0 Å². The average Bonchev–Trinajstić information content (AvgIpc) is 3.06. The van der Waals surface area contributed by atoms with Gasteiger partial charge in [-0.05, 0) is 18.6 Å². The summed E-state index contributed by atoms with van der Waals surface area (Å²) < 4.78 is 41.6. The molecule has 0 saturated carbocycles. The van der Waals surface area contributed by atoms with Gasteiger partial charge in [0.2, 0.25) is 5.91 Å². The van der Waals surface area contributed by atoms with Crippen LogP contribution in [0.5, 0.6) is 0 Å². The Bertz CT molecular complexity index is 1100. The zero-order valence-corrected chi connectivity index (χ0v) is 16.9. The second kappa shape index (κ2) is 9.16. The fourth-order valence-electron chi connectivity index (χ4n) is 2.72. The van der Waals surface area contributed by atoms with Crippen LogP contribution in [0.2, 0.25) is 0 Å². The number of aromatic nitrogens is 3. The van der Waals surface area contributed by atoms with Crippen molar-refractivity contribution in [2.75, 3.05) is 11.1 Å². The lowest BCUT2D eigenvalue weighted by molar-refractivity contribution is -0.385. The smallest absolute Gasteiger partial charge is 0.325 e. The van der Waals surface area contributed by atoms with E-state index in [2.05, 4.69) is 15.5 Å². The molecule has 0 fully saturated rings. The van der Waals surface area contributed by atoms with Crippen molar-refractivity contribution in [1.82, 2.24) is 14.8 Å². The number of benzene rings is 2. The molecule has 1 heterocycles. The molecule has 0 spiro atoms. The first-order valence-electron chi connectivity index (χ1n) is 8.87. The van der Waals surface area contributed by atoms with Crippen molar-refractivity contribution in [2.24, 2.45) is 0 Å². The molecule has 3 rings (SSSR count). The molecular formula is C19H16F3N5O3S. The molecule has 0 radical (unpaired) electrons. The number of aryl methyl sites for hydroxylation is 1. The molecule has 31 heavy (non-hydrogen) atoms. The normalized spacial score (nSPS) is 11.4. The zero-order chi connectivity index (χ0) is 22.6. The number of hydrogen-bond donors (Lipinski definition) is 1. The topological polar surface area (TPSA) is 103 Å². The van der Waals surface area contributed by atoms with E-state index in [1.165, 1.54) is 0 Å². The number of rotatable bonds is 7. The summed E-state index contributed by atoms with van der Waals surface area (Å²) in [5.74, 6) is -0.306. The number of carbonyl (C=O) groups excluding carboxylic acids is 1. The first-order chi connectivity index (χ1) is 14.6. The van der Waals surface area contributed by atoms with Crippen LogP contribution in [0, 0.1) is 17.0 Å². The van der Waals surface area contributed by atoms with Crippen LogP contribution in [0.25, 0.3) is 0 Å². The molecule has 3 aromatic rings. The molecule has 0 aliphatic carbocycles. The number of nitro benzene ring substituents is 1. The summed E-state index contributed by atoms with van der Waals surface area (Å²) in [4.78, 5) is 22.1. The van der Waals surface area contributed by atoms with E-state index < -0.39 is 33.9 Å². The first kappa shape index (κ1) is 22.3. The molecule has 0 saturated heterocycles. The summed E-state index contributed by atoms with van der Waals surface area (Å²) in [5.41, 5.74) is -1.56. The van der Waals surface area contributed by atoms with Crippen LogP contribution in [0.4, 0.5) is 24.5 Å². The highest BCUT2D eigenvalue weighted by Gasteiger charge is 2.35. The van der Waals surface area contributed by atoms with Gasteiger partial charge >= 0.3 is 6.18 Å². The number of carbonyl (C=O) groups is 1. The Kier molecular flexibility index (Phi) is 6.59. The molecule has 1 amide bonds. The maximum atomic E-state index is 13.3. The van der Waals surface area contributed by atoms with Gasteiger partial charge in [-0.15, -0.1) is 10.2 Å². The van der Waals surface area contributed by atoms with Crippen LogP contribution in [0.15, 0.2) is 53.7 Å². The maximum Gasteiger partial charge on any atom is 0.418 e. The van der Waals surface area contributed by atoms with Crippen molar-refractivity contribution < 1.29 is 22.9 Å². The number of amides is 1. The number of nitrogens with one attached hydrogen (secondary N) is 1. The Morgan fingerprint density at radius 1 is 1.19 bits per heavy atom. The van der Waals surface area contributed by atoms with Gasteiger partial charge in [0, 0.05) is 12.1 Å². The number of anilines is 1. The fraction of sp³-hybridized carbons (Fsp3) is 0.211. The van der Waals surface area contributed by atoms with Gasteiger partial charge in [0.05, 0.1) is 28.5 Å². The Morgan fingerprint density at radius 2 is 1.90 bits per heavy atom. The zero-order valence-electron chi connectivity index (χ0n) is 16.1. The van der Waals surface area contributed by atoms with Gasteiger partial charge in [-0.1, -0.05) is 42.1 Å². The van der Waals surface area contributed by atoms with Crippen LogP contribution in [-0.2, 0) is 17.5 Å². The molecule has 8 nitrogen and oxygen atoms in total. The molecule has 0 aliphatic rings. The van der Waals surface area contributed by atoms with Gasteiger partial charge in [0.1, 0.15) is 5.82 Å². The Morgan fingerprint density at radius 3 is 2.55 bits per heavy atom. The summed E-state index contributed by atoms with van der Waals surface area (Å²) in [5, 5.41) is 21.4. The molecule has 162 valence electrons.